The van der Waals surface area contributed by atoms with Gasteiger partial charge in [0.1, 0.15) is 11.4 Å². The molecule has 0 amide bonds. The lowest BCUT2D eigenvalue weighted by Crippen LogP contribution is -2.46. The summed E-state index contributed by atoms with van der Waals surface area (Å²) in [7, 11) is 0. The van der Waals surface area contributed by atoms with Gasteiger partial charge in [0.15, 0.2) is 0 Å². The minimum Gasteiger partial charge on any atom is -0.487 e. The molecule has 1 unspecified atom stereocenters. The summed E-state index contributed by atoms with van der Waals surface area (Å²) in [5, 5.41) is 3.76. The number of benzene rings is 1. The van der Waals surface area contributed by atoms with E-state index in [0.717, 1.165) is 24.6 Å². The summed E-state index contributed by atoms with van der Waals surface area (Å²) in [6.07, 6.45) is 7.36. The first-order chi connectivity index (χ1) is 10.1. The Morgan fingerprint density at radius 1 is 1.29 bits per heavy atom. The molecule has 1 aromatic carbocycles. The van der Waals surface area contributed by atoms with E-state index in [1.165, 1.54) is 43.2 Å². The lowest BCUT2D eigenvalue weighted by molar-refractivity contribution is -0.0127. The maximum atomic E-state index is 6.53. The van der Waals surface area contributed by atoms with Crippen molar-refractivity contribution in [3.8, 4) is 5.75 Å². The molecule has 1 N–H and O–H groups in total. The first-order valence-corrected chi connectivity index (χ1v) is 8.65. The van der Waals surface area contributed by atoms with Crippen LogP contribution in [0.1, 0.15) is 69.5 Å². The highest BCUT2D eigenvalue weighted by molar-refractivity contribution is 5.41. The van der Waals surface area contributed by atoms with Crippen LogP contribution in [0.2, 0.25) is 0 Å². The number of ether oxygens (including phenoxy) is 1. The van der Waals surface area contributed by atoms with Gasteiger partial charge in [-0.1, -0.05) is 31.5 Å². The Hall–Kier alpha value is -1.02. The van der Waals surface area contributed by atoms with Crippen molar-refractivity contribution in [2.45, 2.75) is 70.9 Å². The standard InChI is InChI=1S/C19H29NO/c1-4-11-20-17-13-19(9-7-14(2)8-10-19)21-18-6-5-15(3)12-16(17)18/h5-6,12,14,17,20H,4,7-11,13H2,1-3H3. The zero-order valence-corrected chi connectivity index (χ0v) is 13.7. The monoisotopic (exact) mass is 287 g/mol. The Bertz CT molecular complexity index is 488. The molecule has 116 valence electrons. The number of rotatable bonds is 3. The molecule has 3 rings (SSSR count). The van der Waals surface area contributed by atoms with E-state index in [4.69, 9.17) is 4.74 Å². The van der Waals surface area contributed by atoms with Gasteiger partial charge >= 0.3 is 0 Å². The molecule has 1 heterocycles. The van der Waals surface area contributed by atoms with E-state index in [2.05, 4.69) is 44.3 Å². The maximum absolute atomic E-state index is 6.53. The van der Waals surface area contributed by atoms with Crippen LogP contribution in [0.25, 0.3) is 0 Å². The summed E-state index contributed by atoms with van der Waals surface area (Å²) in [5.41, 5.74) is 2.78. The molecule has 0 saturated heterocycles. The van der Waals surface area contributed by atoms with Crippen molar-refractivity contribution in [2.24, 2.45) is 5.92 Å². The quantitative estimate of drug-likeness (QED) is 0.865. The van der Waals surface area contributed by atoms with Crippen LogP contribution in [0, 0.1) is 12.8 Å². The van der Waals surface area contributed by atoms with Gasteiger partial charge in [-0.25, -0.2) is 0 Å². The van der Waals surface area contributed by atoms with E-state index in [1.54, 1.807) is 0 Å². The smallest absolute Gasteiger partial charge is 0.124 e. The van der Waals surface area contributed by atoms with Crippen LogP contribution in [0.5, 0.6) is 5.75 Å². The molecule has 1 aliphatic carbocycles. The third-order valence-corrected chi connectivity index (χ3v) is 5.27. The number of hydrogen-bond donors (Lipinski definition) is 1. The molecule has 1 atom stereocenters. The molecule has 2 heteroatoms. The van der Waals surface area contributed by atoms with Crippen LogP contribution in [-0.2, 0) is 0 Å². The lowest BCUT2D eigenvalue weighted by atomic mass is 9.74. The molecule has 0 radical (unpaired) electrons. The van der Waals surface area contributed by atoms with Crippen LogP contribution in [-0.4, -0.2) is 12.1 Å². The maximum Gasteiger partial charge on any atom is 0.124 e. The van der Waals surface area contributed by atoms with Gasteiger partial charge in [-0.3, -0.25) is 0 Å². The van der Waals surface area contributed by atoms with Crippen LogP contribution in [0.3, 0.4) is 0 Å². The van der Waals surface area contributed by atoms with E-state index in [9.17, 15) is 0 Å². The van der Waals surface area contributed by atoms with E-state index in [0.29, 0.717) is 6.04 Å². The molecule has 1 saturated carbocycles. The number of fused-ring (bicyclic) bond motifs is 1. The zero-order valence-electron chi connectivity index (χ0n) is 13.7. The van der Waals surface area contributed by atoms with Crippen LogP contribution >= 0.6 is 0 Å². The van der Waals surface area contributed by atoms with Crippen molar-refractivity contribution in [2.75, 3.05) is 6.54 Å². The second kappa shape index (κ2) is 6.00. The lowest BCUT2D eigenvalue weighted by Gasteiger charge is -2.46. The van der Waals surface area contributed by atoms with E-state index in [1.807, 2.05) is 0 Å². The van der Waals surface area contributed by atoms with Gasteiger partial charge in [0.25, 0.3) is 0 Å². The Kier molecular flexibility index (Phi) is 4.26. The molecule has 0 aromatic heterocycles. The molecule has 21 heavy (non-hydrogen) atoms. The first kappa shape index (κ1) is 14.9. The predicted octanol–water partition coefficient (Wildman–Crippen LogP) is 4.77. The van der Waals surface area contributed by atoms with Crippen molar-refractivity contribution in [3.05, 3.63) is 29.3 Å². The molecule has 1 aromatic rings. The third-order valence-electron chi connectivity index (χ3n) is 5.27. The summed E-state index contributed by atoms with van der Waals surface area (Å²) in [6, 6.07) is 7.13. The Labute approximate surface area is 129 Å². The second-order valence-electron chi connectivity index (χ2n) is 7.22. The van der Waals surface area contributed by atoms with Crippen molar-refractivity contribution in [1.82, 2.24) is 5.32 Å². The van der Waals surface area contributed by atoms with Crippen LogP contribution in [0.4, 0.5) is 0 Å². The molecular weight excluding hydrogens is 258 g/mol. The Balaban J connectivity index is 1.87. The van der Waals surface area contributed by atoms with Gasteiger partial charge in [0.05, 0.1) is 0 Å². The van der Waals surface area contributed by atoms with Crippen molar-refractivity contribution < 1.29 is 4.74 Å². The fraction of sp³-hybridized carbons (Fsp3) is 0.684. The molecule has 2 nitrogen and oxygen atoms in total. The van der Waals surface area contributed by atoms with Gasteiger partial charge in [0, 0.05) is 18.0 Å². The molecule has 1 spiro atoms. The summed E-state index contributed by atoms with van der Waals surface area (Å²) in [4.78, 5) is 0. The SMILES string of the molecule is CCCNC1CC2(CCC(C)CC2)Oc2ccc(C)cc21. The summed E-state index contributed by atoms with van der Waals surface area (Å²) < 4.78 is 6.53. The fourth-order valence-corrected chi connectivity index (χ4v) is 3.89. The normalized spacial score (nSPS) is 31.8. The molecular formula is C19H29NO. The van der Waals surface area contributed by atoms with Gasteiger partial charge in [0.2, 0.25) is 0 Å². The highest BCUT2D eigenvalue weighted by atomic mass is 16.5. The Morgan fingerprint density at radius 2 is 2.05 bits per heavy atom. The van der Waals surface area contributed by atoms with Crippen molar-refractivity contribution in [3.63, 3.8) is 0 Å². The van der Waals surface area contributed by atoms with Gasteiger partial charge < -0.3 is 10.1 Å². The van der Waals surface area contributed by atoms with Crippen molar-refractivity contribution in [1.29, 1.82) is 0 Å². The van der Waals surface area contributed by atoms with E-state index >= 15 is 0 Å². The largest absolute Gasteiger partial charge is 0.487 e. The predicted molar refractivity (Wildman–Crippen MR) is 87.8 cm³/mol. The number of nitrogens with one attached hydrogen (secondary N) is 1. The molecule has 0 bridgehead atoms. The molecule has 2 aliphatic rings. The minimum absolute atomic E-state index is 0.0835. The van der Waals surface area contributed by atoms with Crippen LogP contribution < -0.4 is 10.1 Å². The van der Waals surface area contributed by atoms with Gasteiger partial charge in [-0.2, -0.15) is 0 Å². The number of aryl methyl sites for hydroxylation is 1. The van der Waals surface area contributed by atoms with E-state index < -0.39 is 0 Å². The third kappa shape index (κ3) is 3.11. The fourth-order valence-electron chi connectivity index (χ4n) is 3.89. The molecule has 1 aliphatic heterocycles. The average Bonchev–Trinajstić information content (AvgIpc) is 2.49. The minimum atomic E-state index is 0.0835. The first-order valence-electron chi connectivity index (χ1n) is 8.65. The molecule has 1 fully saturated rings. The number of hydrogen-bond acceptors (Lipinski definition) is 2. The van der Waals surface area contributed by atoms with Crippen LogP contribution in [0.15, 0.2) is 18.2 Å². The average molecular weight is 287 g/mol. The topological polar surface area (TPSA) is 21.3 Å². The van der Waals surface area contributed by atoms with Crippen molar-refractivity contribution >= 4 is 0 Å². The van der Waals surface area contributed by atoms with E-state index in [-0.39, 0.29) is 5.60 Å². The van der Waals surface area contributed by atoms with Gasteiger partial charge in [-0.15, -0.1) is 0 Å². The summed E-state index contributed by atoms with van der Waals surface area (Å²) >= 11 is 0. The highest BCUT2D eigenvalue weighted by Crippen LogP contribution is 2.47. The second-order valence-corrected chi connectivity index (χ2v) is 7.22. The summed E-state index contributed by atoms with van der Waals surface area (Å²) in [5.74, 6) is 1.98. The zero-order chi connectivity index (χ0) is 14.9. The summed E-state index contributed by atoms with van der Waals surface area (Å²) in [6.45, 7) is 7.87. The van der Waals surface area contributed by atoms with Gasteiger partial charge in [-0.05, 0) is 57.6 Å². The Morgan fingerprint density at radius 3 is 2.76 bits per heavy atom. The highest BCUT2D eigenvalue weighted by Gasteiger charge is 2.42.